The molecule has 1 rings (SSSR count). The van der Waals surface area contributed by atoms with Gasteiger partial charge in [0.05, 0.1) is 6.10 Å². The van der Waals surface area contributed by atoms with Crippen molar-refractivity contribution in [1.29, 1.82) is 0 Å². The van der Waals surface area contributed by atoms with Gasteiger partial charge in [0.25, 0.3) is 0 Å². The van der Waals surface area contributed by atoms with Crippen molar-refractivity contribution in [2.75, 3.05) is 6.61 Å². The van der Waals surface area contributed by atoms with Gasteiger partial charge in [-0.3, -0.25) is 0 Å². The normalized spacial score (nSPS) is 30.2. The Morgan fingerprint density at radius 3 is 2.50 bits per heavy atom. The number of carbonyl (C=O) groups is 1. The molecule has 0 spiro atoms. The van der Waals surface area contributed by atoms with Crippen LogP contribution in [-0.4, -0.2) is 40.7 Å². The Morgan fingerprint density at radius 2 is 2.06 bits per heavy atom. The van der Waals surface area contributed by atoms with Gasteiger partial charge in [-0.15, -0.1) is 0 Å². The minimum Gasteiger partial charge on any atom is -0.444 e. The summed E-state index contributed by atoms with van der Waals surface area (Å²) in [5.41, 5.74) is -0.516. The Balaban J connectivity index is 2.36. The number of carbonyl (C=O) groups excluding carboxylic acids is 1. The van der Waals surface area contributed by atoms with Gasteiger partial charge < -0.3 is 20.3 Å². The molecule has 94 valence electrons. The highest BCUT2D eigenvalue weighted by Crippen LogP contribution is 2.25. The number of ether oxygens (including phenoxy) is 1. The minimum atomic E-state index is -0.537. The van der Waals surface area contributed by atoms with Crippen molar-refractivity contribution < 1.29 is 19.7 Å². The minimum absolute atomic E-state index is 0.0480. The molecule has 0 aromatic heterocycles. The molecule has 0 aromatic carbocycles. The van der Waals surface area contributed by atoms with E-state index < -0.39 is 17.8 Å². The summed E-state index contributed by atoms with van der Waals surface area (Å²) in [6, 6.07) is -0.109. The van der Waals surface area contributed by atoms with Crippen molar-refractivity contribution in [2.45, 2.75) is 51.4 Å². The number of hydrogen-bond donors (Lipinski definition) is 3. The van der Waals surface area contributed by atoms with Crippen molar-refractivity contribution in [3.8, 4) is 0 Å². The molecule has 0 aromatic rings. The third-order valence-corrected chi connectivity index (χ3v) is 2.61. The molecule has 16 heavy (non-hydrogen) atoms. The van der Waals surface area contributed by atoms with Crippen LogP contribution in [0.1, 0.15) is 33.6 Å². The molecular weight excluding hydrogens is 210 g/mol. The average Bonchev–Trinajstić information content (AvgIpc) is 2.42. The van der Waals surface area contributed by atoms with Crippen molar-refractivity contribution in [2.24, 2.45) is 5.92 Å². The Morgan fingerprint density at radius 1 is 1.44 bits per heavy atom. The second kappa shape index (κ2) is 5.01. The third kappa shape index (κ3) is 3.98. The standard InChI is InChI=1S/C11H21NO4/c1-11(2,3)16-10(15)12-8-4-7(6-13)9(14)5-8/h7-9,13-14H,4-6H2,1-3H3,(H,12,15)/t7?,8-,9+/m1/s1. The molecule has 1 unspecified atom stereocenters. The van der Waals surface area contributed by atoms with Crippen molar-refractivity contribution in [3.63, 3.8) is 0 Å². The predicted octanol–water partition coefficient (Wildman–Crippen LogP) is 0.643. The fourth-order valence-corrected chi connectivity index (χ4v) is 1.89. The van der Waals surface area contributed by atoms with Crippen LogP contribution in [0.15, 0.2) is 0 Å². The highest BCUT2D eigenvalue weighted by Gasteiger charge is 2.33. The monoisotopic (exact) mass is 231 g/mol. The Hall–Kier alpha value is -0.810. The van der Waals surface area contributed by atoms with E-state index in [1.165, 1.54) is 0 Å². The third-order valence-electron chi connectivity index (χ3n) is 2.61. The van der Waals surface area contributed by atoms with Crippen LogP contribution in [0.4, 0.5) is 4.79 Å². The first-order valence-electron chi connectivity index (χ1n) is 5.60. The summed E-state index contributed by atoms with van der Waals surface area (Å²) in [7, 11) is 0. The summed E-state index contributed by atoms with van der Waals surface area (Å²) in [6.45, 7) is 5.35. The van der Waals surface area contributed by atoms with Gasteiger partial charge in [-0.25, -0.2) is 4.79 Å². The predicted molar refractivity (Wildman–Crippen MR) is 59.0 cm³/mol. The molecule has 3 atom stereocenters. The number of alkyl carbamates (subject to hydrolysis) is 1. The second-order valence-corrected chi connectivity index (χ2v) is 5.32. The molecule has 1 amide bonds. The fraction of sp³-hybridized carbons (Fsp3) is 0.909. The van der Waals surface area contributed by atoms with Gasteiger partial charge >= 0.3 is 6.09 Å². The lowest BCUT2D eigenvalue weighted by Gasteiger charge is -2.21. The van der Waals surface area contributed by atoms with Crippen LogP contribution in [0.3, 0.4) is 0 Å². The number of hydrogen-bond acceptors (Lipinski definition) is 4. The first kappa shape index (κ1) is 13.3. The topological polar surface area (TPSA) is 78.8 Å². The Labute approximate surface area is 95.8 Å². The molecule has 0 saturated heterocycles. The lowest BCUT2D eigenvalue weighted by Crippen LogP contribution is -2.38. The summed E-state index contributed by atoms with van der Waals surface area (Å²) < 4.78 is 5.11. The van der Waals surface area contributed by atoms with Crippen LogP contribution in [0.5, 0.6) is 0 Å². The van der Waals surface area contributed by atoms with E-state index >= 15 is 0 Å². The van der Waals surface area contributed by atoms with Gasteiger partial charge in [-0.2, -0.15) is 0 Å². The van der Waals surface area contributed by atoms with E-state index in [1.54, 1.807) is 20.8 Å². The van der Waals surface area contributed by atoms with Crippen LogP contribution in [0.25, 0.3) is 0 Å². The Kier molecular flexibility index (Phi) is 4.15. The number of aliphatic hydroxyl groups is 2. The number of aliphatic hydroxyl groups excluding tert-OH is 2. The molecule has 1 fully saturated rings. The number of nitrogens with one attached hydrogen (secondary N) is 1. The first-order valence-corrected chi connectivity index (χ1v) is 5.60. The van der Waals surface area contributed by atoms with E-state index in [-0.39, 0.29) is 18.6 Å². The molecular formula is C11H21NO4. The van der Waals surface area contributed by atoms with Crippen LogP contribution in [-0.2, 0) is 4.74 Å². The van der Waals surface area contributed by atoms with Crippen LogP contribution in [0, 0.1) is 5.92 Å². The smallest absolute Gasteiger partial charge is 0.407 e. The molecule has 0 heterocycles. The van der Waals surface area contributed by atoms with Crippen LogP contribution < -0.4 is 5.32 Å². The van der Waals surface area contributed by atoms with E-state index in [1.807, 2.05) is 0 Å². The van der Waals surface area contributed by atoms with Gasteiger partial charge in [-0.1, -0.05) is 0 Å². The SMILES string of the molecule is CC(C)(C)OC(=O)N[C@@H]1CC(CO)[C@@H](O)C1. The lowest BCUT2D eigenvalue weighted by molar-refractivity contribution is 0.0502. The van der Waals surface area contributed by atoms with Crippen molar-refractivity contribution in [1.82, 2.24) is 5.32 Å². The zero-order valence-electron chi connectivity index (χ0n) is 10.1. The molecule has 0 bridgehead atoms. The highest BCUT2D eigenvalue weighted by atomic mass is 16.6. The van der Waals surface area contributed by atoms with E-state index in [2.05, 4.69) is 5.32 Å². The maximum absolute atomic E-state index is 11.4. The van der Waals surface area contributed by atoms with Gasteiger partial charge in [-0.05, 0) is 33.6 Å². The summed E-state index contributed by atoms with van der Waals surface area (Å²) in [4.78, 5) is 11.4. The quantitative estimate of drug-likeness (QED) is 0.651. The van der Waals surface area contributed by atoms with Crippen LogP contribution >= 0.6 is 0 Å². The van der Waals surface area contributed by atoms with Crippen LogP contribution in [0.2, 0.25) is 0 Å². The zero-order chi connectivity index (χ0) is 12.3. The van der Waals surface area contributed by atoms with Gasteiger partial charge in [0.2, 0.25) is 0 Å². The summed E-state index contributed by atoms with van der Waals surface area (Å²) >= 11 is 0. The van der Waals surface area contributed by atoms with Gasteiger partial charge in [0.15, 0.2) is 0 Å². The molecule has 0 aliphatic heterocycles. The lowest BCUT2D eigenvalue weighted by atomic mass is 10.1. The maximum atomic E-state index is 11.4. The second-order valence-electron chi connectivity index (χ2n) is 5.32. The van der Waals surface area contributed by atoms with Gasteiger partial charge in [0, 0.05) is 18.6 Å². The van der Waals surface area contributed by atoms with E-state index in [4.69, 9.17) is 9.84 Å². The average molecular weight is 231 g/mol. The molecule has 1 aliphatic carbocycles. The molecule has 1 saturated carbocycles. The van der Waals surface area contributed by atoms with E-state index in [9.17, 15) is 9.90 Å². The zero-order valence-corrected chi connectivity index (χ0v) is 10.1. The Bertz CT molecular complexity index is 249. The first-order chi connectivity index (χ1) is 7.31. The van der Waals surface area contributed by atoms with E-state index in [0.29, 0.717) is 12.8 Å². The molecule has 5 heteroatoms. The molecule has 5 nitrogen and oxygen atoms in total. The molecule has 1 aliphatic rings. The molecule has 0 radical (unpaired) electrons. The summed E-state index contributed by atoms with van der Waals surface area (Å²) in [5.74, 6) is -0.139. The maximum Gasteiger partial charge on any atom is 0.407 e. The molecule has 3 N–H and O–H groups in total. The van der Waals surface area contributed by atoms with Crippen molar-refractivity contribution in [3.05, 3.63) is 0 Å². The van der Waals surface area contributed by atoms with E-state index in [0.717, 1.165) is 0 Å². The van der Waals surface area contributed by atoms with Crippen molar-refractivity contribution >= 4 is 6.09 Å². The van der Waals surface area contributed by atoms with Gasteiger partial charge in [0.1, 0.15) is 5.60 Å². The summed E-state index contributed by atoms with van der Waals surface area (Å²) in [6.07, 6.45) is 0.0645. The fourth-order valence-electron chi connectivity index (χ4n) is 1.89. The number of amides is 1. The number of rotatable bonds is 2. The largest absolute Gasteiger partial charge is 0.444 e. The summed E-state index contributed by atoms with van der Waals surface area (Å²) in [5, 5.41) is 21.2. The highest BCUT2D eigenvalue weighted by molar-refractivity contribution is 5.68.